The number of Topliss-reactive ketones (excluding diaryl/α,β-unsaturated/α-hetero) is 1. The van der Waals surface area contributed by atoms with Gasteiger partial charge in [-0.1, -0.05) is 66.7 Å². The SMILES string of the molecule is CC(=O)c1cccc(OCC(=O)NCc2ccc(COCc3ccccc3)cc2)c1. The van der Waals surface area contributed by atoms with E-state index in [9.17, 15) is 9.59 Å². The van der Waals surface area contributed by atoms with E-state index in [2.05, 4.69) is 5.32 Å². The van der Waals surface area contributed by atoms with Crippen molar-refractivity contribution in [3.05, 3.63) is 101 Å². The fourth-order valence-corrected chi connectivity index (χ4v) is 2.82. The first kappa shape index (κ1) is 21.3. The second-order valence-corrected chi connectivity index (χ2v) is 6.94. The predicted molar refractivity (Wildman–Crippen MR) is 115 cm³/mol. The number of benzene rings is 3. The van der Waals surface area contributed by atoms with E-state index in [-0.39, 0.29) is 18.3 Å². The minimum atomic E-state index is -0.224. The van der Waals surface area contributed by atoms with Crippen LogP contribution in [0.2, 0.25) is 0 Å². The average molecular weight is 403 g/mol. The second kappa shape index (κ2) is 10.9. The third-order valence-electron chi connectivity index (χ3n) is 4.50. The lowest BCUT2D eigenvalue weighted by Crippen LogP contribution is -2.28. The number of nitrogens with one attached hydrogen (secondary N) is 1. The Balaban J connectivity index is 1.38. The largest absolute Gasteiger partial charge is 0.484 e. The van der Waals surface area contributed by atoms with Crippen molar-refractivity contribution >= 4 is 11.7 Å². The summed E-state index contributed by atoms with van der Waals surface area (Å²) in [5.41, 5.74) is 3.77. The Hall–Kier alpha value is -3.44. The lowest BCUT2D eigenvalue weighted by atomic mass is 10.1. The van der Waals surface area contributed by atoms with Gasteiger partial charge in [0.05, 0.1) is 13.2 Å². The van der Waals surface area contributed by atoms with Gasteiger partial charge in [0.2, 0.25) is 0 Å². The van der Waals surface area contributed by atoms with Crippen molar-refractivity contribution in [2.75, 3.05) is 6.61 Å². The second-order valence-electron chi connectivity index (χ2n) is 6.94. The standard InChI is InChI=1S/C25H25NO4/c1-19(27)23-8-5-9-24(14-23)30-18-25(28)26-15-20-10-12-22(13-11-20)17-29-16-21-6-3-2-4-7-21/h2-14H,15-18H2,1H3,(H,26,28). The third-order valence-corrected chi connectivity index (χ3v) is 4.50. The fourth-order valence-electron chi connectivity index (χ4n) is 2.82. The van der Waals surface area contributed by atoms with Gasteiger partial charge in [-0.05, 0) is 35.7 Å². The van der Waals surface area contributed by atoms with E-state index in [0.717, 1.165) is 16.7 Å². The molecule has 3 aromatic carbocycles. The third kappa shape index (κ3) is 6.87. The summed E-state index contributed by atoms with van der Waals surface area (Å²) in [7, 11) is 0. The van der Waals surface area contributed by atoms with Crippen LogP contribution in [0, 0.1) is 0 Å². The molecule has 0 saturated heterocycles. The smallest absolute Gasteiger partial charge is 0.258 e. The monoisotopic (exact) mass is 403 g/mol. The lowest BCUT2D eigenvalue weighted by molar-refractivity contribution is -0.123. The summed E-state index contributed by atoms with van der Waals surface area (Å²) in [4.78, 5) is 23.4. The predicted octanol–water partition coefficient (Wildman–Crippen LogP) is 4.30. The minimum absolute atomic E-state index is 0.0428. The number of ether oxygens (including phenoxy) is 2. The Morgan fingerprint density at radius 2 is 1.47 bits per heavy atom. The number of hydrogen-bond donors (Lipinski definition) is 1. The highest BCUT2D eigenvalue weighted by Crippen LogP contribution is 2.13. The molecule has 30 heavy (non-hydrogen) atoms. The highest BCUT2D eigenvalue weighted by atomic mass is 16.5. The first-order valence-corrected chi connectivity index (χ1v) is 9.80. The summed E-state index contributed by atoms with van der Waals surface area (Å²) in [6.45, 7) is 2.92. The van der Waals surface area contributed by atoms with Crippen LogP contribution in [-0.2, 0) is 29.3 Å². The van der Waals surface area contributed by atoms with E-state index in [1.165, 1.54) is 6.92 Å². The normalized spacial score (nSPS) is 10.4. The molecule has 0 heterocycles. The summed E-state index contributed by atoms with van der Waals surface area (Å²) in [5, 5.41) is 2.83. The van der Waals surface area contributed by atoms with Crippen LogP contribution >= 0.6 is 0 Å². The van der Waals surface area contributed by atoms with Crippen LogP contribution in [0.1, 0.15) is 34.0 Å². The molecule has 1 N–H and O–H groups in total. The maximum atomic E-state index is 12.0. The van der Waals surface area contributed by atoms with Crippen molar-refractivity contribution in [1.82, 2.24) is 5.32 Å². The molecule has 3 aromatic rings. The molecule has 0 unspecified atom stereocenters. The van der Waals surface area contributed by atoms with Crippen LogP contribution in [0.25, 0.3) is 0 Å². The van der Waals surface area contributed by atoms with E-state index in [1.807, 2.05) is 54.6 Å². The molecule has 0 saturated carbocycles. The Morgan fingerprint density at radius 3 is 2.17 bits per heavy atom. The van der Waals surface area contributed by atoms with Crippen molar-refractivity contribution in [3.63, 3.8) is 0 Å². The van der Waals surface area contributed by atoms with Crippen LogP contribution in [0.3, 0.4) is 0 Å². The number of carbonyl (C=O) groups is 2. The molecule has 5 heteroatoms. The molecule has 0 atom stereocenters. The van der Waals surface area contributed by atoms with Gasteiger partial charge in [0.15, 0.2) is 12.4 Å². The molecule has 3 rings (SSSR count). The molecule has 0 aliphatic heterocycles. The van der Waals surface area contributed by atoms with Gasteiger partial charge in [-0.2, -0.15) is 0 Å². The van der Waals surface area contributed by atoms with Gasteiger partial charge >= 0.3 is 0 Å². The first-order chi connectivity index (χ1) is 14.6. The van der Waals surface area contributed by atoms with Gasteiger partial charge in [-0.3, -0.25) is 9.59 Å². The van der Waals surface area contributed by atoms with Gasteiger partial charge in [-0.15, -0.1) is 0 Å². The van der Waals surface area contributed by atoms with E-state index in [4.69, 9.17) is 9.47 Å². The van der Waals surface area contributed by atoms with Gasteiger partial charge in [0.25, 0.3) is 5.91 Å². The topological polar surface area (TPSA) is 64.6 Å². The fraction of sp³-hybridized carbons (Fsp3) is 0.200. The van der Waals surface area contributed by atoms with Crippen molar-refractivity contribution in [3.8, 4) is 5.75 Å². The summed E-state index contributed by atoms with van der Waals surface area (Å²) in [6.07, 6.45) is 0. The maximum Gasteiger partial charge on any atom is 0.258 e. The first-order valence-electron chi connectivity index (χ1n) is 9.80. The lowest BCUT2D eigenvalue weighted by Gasteiger charge is -2.09. The number of hydrogen-bond acceptors (Lipinski definition) is 4. The molecule has 154 valence electrons. The van der Waals surface area contributed by atoms with Gasteiger partial charge < -0.3 is 14.8 Å². The van der Waals surface area contributed by atoms with Gasteiger partial charge in [-0.25, -0.2) is 0 Å². The van der Waals surface area contributed by atoms with E-state index in [0.29, 0.717) is 31.1 Å². The van der Waals surface area contributed by atoms with Crippen LogP contribution in [0.5, 0.6) is 5.75 Å². The summed E-state index contributed by atoms with van der Waals surface area (Å²) in [5.74, 6) is 0.231. The molecule has 0 fully saturated rings. The zero-order valence-corrected chi connectivity index (χ0v) is 17.0. The number of amides is 1. The molecule has 1 amide bonds. The molecule has 0 radical (unpaired) electrons. The maximum absolute atomic E-state index is 12.0. The summed E-state index contributed by atoms with van der Waals surface area (Å²) in [6, 6.07) is 24.8. The average Bonchev–Trinajstić information content (AvgIpc) is 2.78. The van der Waals surface area contributed by atoms with Gasteiger partial charge in [0, 0.05) is 12.1 Å². The molecular weight excluding hydrogens is 378 g/mol. The Kier molecular flexibility index (Phi) is 7.75. The molecule has 0 bridgehead atoms. The molecule has 5 nitrogen and oxygen atoms in total. The molecular formula is C25H25NO4. The van der Waals surface area contributed by atoms with E-state index < -0.39 is 0 Å². The number of carbonyl (C=O) groups excluding carboxylic acids is 2. The van der Waals surface area contributed by atoms with Crippen molar-refractivity contribution in [2.24, 2.45) is 0 Å². The highest BCUT2D eigenvalue weighted by molar-refractivity contribution is 5.94. The van der Waals surface area contributed by atoms with Crippen LogP contribution < -0.4 is 10.1 Å². The Bertz CT molecular complexity index is 968. The van der Waals surface area contributed by atoms with E-state index in [1.54, 1.807) is 24.3 Å². The molecule has 0 aromatic heterocycles. The Morgan fingerprint density at radius 1 is 0.800 bits per heavy atom. The number of ketones is 1. The van der Waals surface area contributed by atoms with Crippen LogP contribution in [0.15, 0.2) is 78.9 Å². The van der Waals surface area contributed by atoms with E-state index >= 15 is 0 Å². The quantitative estimate of drug-likeness (QED) is 0.513. The zero-order valence-electron chi connectivity index (χ0n) is 17.0. The zero-order chi connectivity index (χ0) is 21.2. The van der Waals surface area contributed by atoms with Crippen LogP contribution in [0.4, 0.5) is 0 Å². The molecule has 0 aliphatic rings. The summed E-state index contributed by atoms with van der Waals surface area (Å²) >= 11 is 0. The van der Waals surface area contributed by atoms with Crippen molar-refractivity contribution in [1.29, 1.82) is 0 Å². The molecule has 0 spiro atoms. The highest BCUT2D eigenvalue weighted by Gasteiger charge is 2.05. The summed E-state index contributed by atoms with van der Waals surface area (Å²) < 4.78 is 11.2. The van der Waals surface area contributed by atoms with Crippen LogP contribution in [-0.4, -0.2) is 18.3 Å². The Labute approximate surface area is 176 Å². The van der Waals surface area contributed by atoms with Crippen molar-refractivity contribution in [2.45, 2.75) is 26.7 Å². The minimum Gasteiger partial charge on any atom is -0.484 e. The molecule has 0 aliphatic carbocycles. The van der Waals surface area contributed by atoms with Crippen molar-refractivity contribution < 1.29 is 19.1 Å². The number of rotatable bonds is 10. The van der Waals surface area contributed by atoms with Gasteiger partial charge in [0.1, 0.15) is 5.75 Å².